The zero-order chi connectivity index (χ0) is 18.1. The molecular formula is C19H32N4O2. The molecule has 1 aromatic rings. The van der Waals surface area contributed by atoms with Crippen LogP contribution in [0, 0.1) is 5.92 Å². The van der Waals surface area contributed by atoms with Crippen molar-refractivity contribution in [2.45, 2.75) is 20.3 Å². The average molecular weight is 348 g/mol. The molecule has 1 heterocycles. The van der Waals surface area contributed by atoms with Gasteiger partial charge in [0.1, 0.15) is 5.75 Å². The summed E-state index contributed by atoms with van der Waals surface area (Å²) in [6.07, 6.45) is 0.976. The van der Waals surface area contributed by atoms with Gasteiger partial charge in [-0.15, -0.1) is 0 Å². The second-order valence-electron chi connectivity index (χ2n) is 6.88. The molecule has 1 aliphatic heterocycles. The Morgan fingerprint density at radius 1 is 1.16 bits per heavy atom. The van der Waals surface area contributed by atoms with E-state index in [0.29, 0.717) is 5.92 Å². The van der Waals surface area contributed by atoms with Gasteiger partial charge in [-0.25, -0.2) is 4.79 Å². The van der Waals surface area contributed by atoms with Gasteiger partial charge in [0.05, 0.1) is 12.8 Å². The summed E-state index contributed by atoms with van der Waals surface area (Å²) in [5, 5.41) is 5.80. The number of ether oxygens (including phenoxy) is 1. The molecule has 0 atom stereocenters. The minimum Gasteiger partial charge on any atom is -0.495 e. The summed E-state index contributed by atoms with van der Waals surface area (Å²) in [5.41, 5.74) is 1.17. The van der Waals surface area contributed by atoms with Crippen LogP contribution in [0.1, 0.15) is 20.3 Å². The second-order valence-corrected chi connectivity index (χ2v) is 6.88. The number of hydrogen-bond acceptors (Lipinski definition) is 4. The van der Waals surface area contributed by atoms with Crippen LogP contribution in [-0.4, -0.2) is 63.9 Å². The summed E-state index contributed by atoms with van der Waals surface area (Å²) in [6, 6.07) is 8.13. The van der Waals surface area contributed by atoms with Crippen LogP contribution < -0.4 is 20.3 Å². The van der Waals surface area contributed by atoms with Gasteiger partial charge < -0.3 is 20.3 Å². The van der Waals surface area contributed by atoms with Crippen molar-refractivity contribution >= 4 is 11.7 Å². The molecule has 0 spiro atoms. The van der Waals surface area contributed by atoms with E-state index in [0.717, 1.165) is 58.0 Å². The van der Waals surface area contributed by atoms with Crippen LogP contribution in [-0.2, 0) is 0 Å². The first kappa shape index (κ1) is 19.4. The molecule has 6 heteroatoms. The fourth-order valence-electron chi connectivity index (χ4n) is 2.97. The lowest BCUT2D eigenvalue weighted by Gasteiger charge is -2.36. The first-order valence-electron chi connectivity index (χ1n) is 9.22. The lowest BCUT2D eigenvalue weighted by Crippen LogP contribution is -2.47. The van der Waals surface area contributed by atoms with Gasteiger partial charge >= 0.3 is 6.03 Å². The number of para-hydroxylation sites is 2. The van der Waals surface area contributed by atoms with Crippen molar-refractivity contribution in [3.8, 4) is 5.75 Å². The molecule has 1 saturated heterocycles. The topological polar surface area (TPSA) is 56.8 Å². The van der Waals surface area contributed by atoms with Gasteiger partial charge in [-0.2, -0.15) is 0 Å². The third kappa shape index (κ3) is 6.46. The van der Waals surface area contributed by atoms with Crippen LogP contribution in [0.4, 0.5) is 10.5 Å². The Kier molecular flexibility index (Phi) is 7.85. The van der Waals surface area contributed by atoms with Crippen molar-refractivity contribution in [3.05, 3.63) is 24.3 Å². The van der Waals surface area contributed by atoms with E-state index in [1.807, 2.05) is 12.1 Å². The monoisotopic (exact) mass is 348 g/mol. The molecule has 0 radical (unpaired) electrons. The number of anilines is 1. The molecule has 1 fully saturated rings. The van der Waals surface area contributed by atoms with E-state index in [-0.39, 0.29) is 6.03 Å². The SMILES string of the molecule is COc1ccccc1N1CCN(CCCNC(=O)NCC(C)C)CC1. The smallest absolute Gasteiger partial charge is 0.314 e. The number of nitrogens with one attached hydrogen (secondary N) is 2. The molecule has 25 heavy (non-hydrogen) atoms. The maximum Gasteiger partial charge on any atom is 0.314 e. The van der Waals surface area contributed by atoms with E-state index >= 15 is 0 Å². The zero-order valence-electron chi connectivity index (χ0n) is 15.8. The molecular weight excluding hydrogens is 316 g/mol. The maximum atomic E-state index is 11.6. The molecule has 1 aromatic carbocycles. The van der Waals surface area contributed by atoms with E-state index in [2.05, 4.69) is 46.4 Å². The largest absolute Gasteiger partial charge is 0.495 e. The molecule has 140 valence electrons. The Hall–Kier alpha value is -1.95. The Bertz CT molecular complexity index is 528. The number of carbonyl (C=O) groups is 1. The van der Waals surface area contributed by atoms with Crippen LogP contribution >= 0.6 is 0 Å². The number of hydrogen-bond donors (Lipinski definition) is 2. The number of amides is 2. The summed E-state index contributed by atoms with van der Waals surface area (Å²) in [6.45, 7) is 10.7. The molecule has 0 bridgehead atoms. The van der Waals surface area contributed by atoms with Gasteiger partial charge in [0.2, 0.25) is 0 Å². The molecule has 0 aliphatic carbocycles. The summed E-state index contributed by atoms with van der Waals surface area (Å²) in [7, 11) is 1.72. The predicted octanol–water partition coefficient (Wildman–Crippen LogP) is 2.16. The molecule has 2 amide bonds. The summed E-state index contributed by atoms with van der Waals surface area (Å²) < 4.78 is 5.46. The van der Waals surface area contributed by atoms with E-state index < -0.39 is 0 Å². The third-order valence-corrected chi connectivity index (χ3v) is 4.41. The van der Waals surface area contributed by atoms with Crippen molar-refractivity contribution in [2.75, 3.05) is 57.8 Å². The summed E-state index contributed by atoms with van der Waals surface area (Å²) in [5.74, 6) is 1.41. The highest BCUT2D eigenvalue weighted by atomic mass is 16.5. The number of carbonyl (C=O) groups excluding carboxylic acids is 1. The molecule has 0 unspecified atom stereocenters. The van der Waals surface area contributed by atoms with Crippen LogP contribution in [0.2, 0.25) is 0 Å². The standard InChI is InChI=1S/C19H32N4O2/c1-16(2)15-21-19(24)20-9-6-10-22-11-13-23(14-12-22)17-7-4-5-8-18(17)25-3/h4-5,7-8,16H,6,9-15H2,1-3H3,(H2,20,21,24). The van der Waals surface area contributed by atoms with Crippen LogP contribution in [0.5, 0.6) is 5.75 Å². The van der Waals surface area contributed by atoms with Gasteiger partial charge in [-0.05, 0) is 31.0 Å². The van der Waals surface area contributed by atoms with Crippen molar-refractivity contribution in [1.82, 2.24) is 15.5 Å². The number of piperazine rings is 1. The first-order valence-corrected chi connectivity index (χ1v) is 9.22. The molecule has 6 nitrogen and oxygen atoms in total. The van der Waals surface area contributed by atoms with Crippen molar-refractivity contribution < 1.29 is 9.53 Å². The Balaban J connectivity index is 1.63. The minimum absolute atomic E-state index is 0.0605. The summed E-state index contributed by atoms with van der Waals surface area (Å²) in [4.78, 5) is 16.4. The Morgan fingerprint density at radius 3 is 2.56 bits per heavy atom. The Labute approximate surface area is 151 Å². The van der Waals surface area contributed by atoms with Crippen LogP contribution in [0.25, 0.3) is 0 Å². The first-order chi connectivity index (χ1) is 12.1. The number of nitrogens with zero attached hydrogens (tertiary/aromatic N) is 2. The Morgan fingerprint density at radius 2 is 1.88 bits per heavy atom. The minimum atomic E-state index is -0.0605. The van der Waals surface area contributed by atoms with Crippen molar-refractivity contribution in [2.24, 2.45) is 5.92 Å². The normalized spacial score (nSPS) is 15.3. The summed E-state index contributed by atoms with van der Waals surface area (Å²) >= 11 is 0. The van der Waals surface area contributed by atoms with Gasteiger partial charge in [0, 0.05) is 39.3 Å². The number of methoxy groups -OCH3 is 1. The highest BCUT2D eigenvalue weighted by molar-refractivity contribution is 5.73. The quantitative estimate of drug-likeness (QED) is 0.707. The van der Waals surface area contributed by atoms with Crippen molar-refractivity contribution in [1.29, 1.82) is 0 Å². The van der Waals surface area contributed by atoms with E-state index in [1.54, 1.807) is 7.11 Å². The van der Waals surface area contributed by atoms with Crippen molar-refractivity contribution in [3.63, 3.8) is 0 Å². The molecule has 1 aliphatic rings. The predicted molar refractivity (Wildman–Crippen MR) is 103 cm³/mol. The fourth-order valence-corrected chi connectivity index (χ4v) is 2.97. The van der Waals surface area contributed by atoms with E-state index in [9.17, 15) is 4.79 Å². The fraction of sp³-hybridized carbons (Fsp3) is 0.632. The molecule has 0 saturated carbocycles. The van der Waals surface area contributed by atoms with E-state index in [4.69, 9.17) is 4.74 Å². The van der Waals surface area contributed by atoms with Gasteiger partial charge in [0.15, 0.2) is 0 Å². The van der Waals surface area contributed by atoms with Gasteiger partial charge in [0.25, 0.3) is 0 Å². The number of urea groups is 1. The lowest BCUT2D eigenvalue weighted by atomic mass is 10.2. The zero-order valence-corrected chi connectivity index (χ0v) is 15.8. The molecule has 2 N–H and O–H groups in total. The number of benzene rings is 1. The van der Waals surface area contributed by atoms with Gasteiger partial charge in [-0.1, -0.05) is 26.0 Å². The van der Waals surface area contributed by atoms with Crippen LogP contribution in [0.15, 0.2) is 24.3 Å². The lowest BCUT2D eigenvalue weighted by molar-refractivity contribution is 0.235. The highest BCUT2D eigenvalue weighted by Gasteiger charge is 2.19. The third-order valence-electron chi connectivity index (χ3n) is 4.41. The second kappa shape index (κ2) is 10.1. The highest BCUT2D eigenvalue weighted by Crippen LogP contribution is 2.28. The molecule has 0 aromatic heterocycles. The molecule has 2 rings (SSSR count). The van der Waals surface area contributed by atoms with Gasteiger partial charge in [-0.3, -0.25) is 4.90 Å². The number of rotatable bonds is 8. The maximum absolute atomic E-state index is 11.6. The van der Waals surface area contributed by atoms with E-state index in [1.165, 1.54) is 5.69 Å². The average Bonchev–Trinajstić information content (AvgIpc) is 2.64. The van der Waals surface area contributed by atoms with Crippen LogP contribution in [0.3, 0.4) is 0 Å².